The van der Waals surface area contributed by atoms with E-state index < -0.39 is 0 Å². The predicted octanol–water partition coefficient (Wildman–Crippen LogP) is 13.4. The Hall–Kier alpha value is -1.18. The largest absolute Gasteiger partial charge is 0.465 e. The van der Waals surface area contributed by atoms with Crippen molar-refractivity contribution >= 4 is 11.9 Å². The molecule has 0 aromatic carbocycles. The molecule has 1 aliphatic heterocycles. The molecule has 0 bridgehead atoms. The summed E-state index contributed by atoms with van der Waals surface area (Å²) in [5.74, 6) is 0.119. The average Bonchev–Trinajstić information content (AvgIpc) is 3.20. The summed E-state index contributed by atoms with van der Waals surface area (Å²) in [6.45, 7) is 21.9. The summed E-state index contributed by atoms with van der Waals surface area (Å²) in [6.07, 6.45) is 35.2. The van der Waals surface area contributed by atoms with E-state index >= 15 is 0 Å². The van der Waals surface area contributed by atoms with Crippen LogP contribution in [0, 0.1) is 11.8 Å². The fourth-order valence-corrected chi connectivity index (χ4v) is 8.78. The molecular weight excluding hydrogens is 707 g/mol. The van der Waals surface area contributed by atoms with Gasteiger partial charge >= 0.3 is 11.9 Å². The molecule has 1 rings (SSSR count). The maximum Gasteiger partial charge on any atom is 0.308 e. The molecule has 0 aromatic heterocycles. The van der Waals surface area contributed by atoms with E-state index in [0.29, 0.717) is 19.3 Å². The third-order valence-corrected chi connectivity index (χ3v) is 12.8. The highest BCUT2D eigenvalue weighted by molar-refractivity contribution is 5.72. The molecule has 7 heteroatoms. The minimum atomic E-state index is -0.222. The van der Waals surface area contributed by atoms with Gasteiger partial charge in [-0.1, -0.05) is 163 Å². The third-order valence-electron chi connectivity index (χ3n) is 12.8. The molecule has 0 aliphatic carbocycles. The van der Waals surface area contributed by atoms with Gasteiger partial charge in [0.1, 0.15) is 0 Å². The topological polar surface area (TPSA) is 71.1 Å². The lowest BCUT2D eigenvalue weighted by atomic mass is 9.94. The first kappa shape index (κ1) is 53.8. The van der Waals surface area contributed by atoms with Gasteiger partial charge in [-0.2, -0.15) is 0 Å². The Bertz CT molecular complexity index is 877. The molecular formula is C50H99N3O4. The van der Waals surface area contributed by atoms with Gasteiger partial charge < -0.3 is 14.4 Å². The van der Waals surface area contributed by atoms with Gasteiger partial charge in [-0.3, -0.25) is 19.8 Å². The number of nitrogens with one attached hydrogen (secondary N) is 1. The van der Waals surface area contributed by atoms with Crippen LogP contribution in [-0.4, -0.2) is 79.4 Å². The number of carbonyl (C=O) groups excluding carboxylic acids is 2. The monoisotopic (exact) mass is 806 g/mol. The molecule has 0 radical (unpaired) electrons. The molecule has 1 N–H and O–H groups in total. The summed E-state index contributed by atoms with van der Waals surface area (Å²) < 4.78 is 12.1. The summed E-state index contributed by atoms with van der Waals surface area (Å²) in [5.41, 5.74) is -0.222. The molecule has 0 spiro atoms. The van der Waals surface area contributed by atoms with E-state index in [2.05, 4.69) is 63.6 Å². The van der Waals surface area contributed by atoms with Crippen LogP contribution in [0.15, 0.2) is 0 Å². The van der Waals surface area contributed by atoms with E-state index in [-0.39, 0.29) is 29.4 Å². The van der Waals surface area contributed by atoms with E-state index in [9.17, 15) is 9.59 Å². The number of likely N-dealkylation sites (tertiary alicyclic amines) is 1. The first-order valence-corrected chi connectivity index (χ1v) is 25.3. The number of hydrogen-bond acceptors (Lipinski definition) is 7. The normalized spacial score (nSPS) is 16.2. The van der Waals surface area contributed by atoms with Crippen molar-refractivity contribution in [2.45, 2.75) is 253 Å². The Morgan fingerprint density at radius 2 is 1.00 bits per heavy atom. The van der Waals surface area contributed by atoms with Crippen LogP contribution in [0.1, 0.15) is 241 Å². The first-order chi connectivity index (χ1) is 27.7. The van der Waals surface area contributed by atoms with Crippen molar-refractivity contribution < 1.29 is 19.1 Å². The Morgan fingerprint density at radius 1 is 0.596 bits per heavy atom. The van der Waals surface area contributed by atoms with E-state index in [0.717, 1.165) is 96.8 Å². The second kappa shape index (κ2) is 36.7. The van der Waals surface area contributed by atoms with E-state index in [1.807, 2.05) is 0 Å². The van der Waals surface area contributed by atoms with Crippen molar-refractivity contribution in [1.82, 2.24) is 15.1 Å². The SMILES string of the molecule is CCCCCCCCC(CCCCCC)C(=O)OCCCN(CCCOC(=O)C(CCCCCC)CCCCCCCC)C(C)(C)NCCCN1CCCCC1C. The molecule has 1 saturated heterocycles. The van der Waals surface area contributed by atoms with Crippen LogP contribution in [0.25, 0.3) is 0 Å². The van der Waals surface area contributed by atoms with Crippen molar-refractivity contribution in [2.24, 2.45) is 11.8 Å². The Kier molecular flexibility index (Phi) is 34.6. The van der Waals surface area contributed by atoms with Crippen LogP contribution in [0.5, 0.6) is 0 Å². The van der Waals surface area contributed by atoms with E-state index in [4.69, 9.17) is 9.47 Å². The van der Waals surface area contributed by atoms with Crippen LogP contribution in [0.3, 0.4) is 0 Å². The van der Waals surface area contributed by atoms with Gasteiger partial charge in [0.25, 0.3) is 0 Å². The molecule has 1 aliphatic rings. The number of hydrogen-bond donors (Lipinski definition) is 1. The van der Waals surface area contributed by atoms with Crippen LogP contribution in [0.2, 0.25) is 0 Å². The zero-order chi connectivity index (χ0) is 41.8. The summed E-state index contributed by atoms with van der Waals surface area (Å²) in [6, 6.07) is 0.692. The number of nitrogens with zero attached hydrogens (tertiary/aromatic N) is 2. The molecule has 0 aromatic rings. The van der Waals surface area contributed by atoms with Crippen molar-refractivity contribution in [1.29, 1.82) is 0 Å². The van der Waals surface area contributed by atoms with Gasteiger partial charge in [0.15, 0.2) is 0 Å². The van der Waals surface area contributed by atoms with Crippen LogP contribution in [-0.2, 0) is 19.1 Å². The van der Waals surface area contributed by atoms with E-state index in [1.54, 1.807) is 0 Å². The zero-order valence-corrected chi connectivity index (χ0v) is 39.4. The quantitative estimate of drug-likeness (QED) is 0.0376. The standard InChI is InChI=1S/C50H99N3O4/c1-8-12-16-20-22-26-36-46(34-24-18-14-10-3)48(54)56-43-31-41-53(50(6,7)51-38-30-40-52-39-29-28-33-45(52)5)42-32-44-57-49(55)47(35-25-19-15-11-4)37-27-23-21-17-13-9-2/h45-47,51H,8-44H2,1-7H3. The smallest absolute Gasteiger partial charge is 0.308 e. The van der Waals surface area contributed by atoms with Gasteiger partial charge in [0, 0.05) is 19.1 Å². The van der Waals surface area contributed by atoms with Crippen molar-refractivity contribution in [3.05, 3.63) is 0 Å². The summed E-state index contributed by atoms with van der Waals surface area (Å²) in [5, 5.41) is 3.88. The Labute approximate surface area is 355 Å². The van der Waals surface area contributed by atoms with Crippen LogP contribution >= 0.6 is 0 Å². The van der Waals surface area contributed by atoms with Crippen molar-refractivity contribution in [3.8, 4) is 0 Å². The highest BCUT2D eigenvalue weighted by Crippen LogP contribution is 2.23. The predicted molar refractivity (Wildman–Crippen MR) is 245 cm³/mol. The lowest BCUT2D eigenvalue weighted by Crippen LogP contribution is -2.56. The third kappa shape index (κ3) is 28.1. The number of esters is 2. The number of unbranched alkanes of at least 4 members (excludes halogenated alkanes) is 16. The lowest BCUT2D eigenvalue weighted by Gasteiger charge is -2.40. The Balaban J connectivity index is 2.78. The van der Waals surface area contributed by atoms with Gasteiger partial charge in [0.05, 0.1) is 30.7 Å². The van der Waals surface area contributed by atoms with Gasteiger partial charge in [0.2, 0.25) is 0 Å². The molecule has 7 nitrogen and oxygen atoms in total. The summed E-state index contributed by atoms with van der Waals surface area (Å²) in [7, 11) is 0. The molecule has 57 heavy (non-hydrogen) atoms. The average molecular weight is 806 g/mol. The zero-order valence-electron chi connectivity index (χ0n) is 39.4. The highest BCUT2D eigenvalue weighted by Gasteiger charge is 2.27. The van der Waals surface area contributed by atoms with Gasteiger partial charge in [-0.25, -0.2) is 0 Å². The van der Waals surface area contributed by atoms with E-state index in [1.165, 1.54) is 129 Å². The molecule has 3 atom stereocenters. The minimum absolute atomic E-state index is 0.0213. The lowest BCUT2D eigenvalue weighted by molar-refractivity contribution is -0.150. The van der Waals surface area contributed by atoms with Crippen LogP contribution in [0.4, 0.5) is 0 Å². The van der Waals surface area contributed by atoms with Crippen molar-refractivity contribution in [3.63, 3.8) is 0 Å². The number of ether oxygens (including phenoxy) is 2. The second-order valence-corrected chi connectivity index (χ2v) is 18.5. The summed E-state index contributed by atoms with van der Waals surface area (Å²) >= 11 is 0. The molecule has 0 saturated carbocycles. The molecule has 0 amide bonds. The first-order valence-electron chi connectivity index (χ1n) is 25.3. The second-order valence-electron chi connectivity index (χ2n) is 18.5. The molecule has 1 heterocycles. The number of carbonyl (C=O) groups is 2. The van der Waals surface area contributed by atoms with Crippen LogP contribution < -0.4 is 5.32 Å². The molecule has 3 unspecified atom stereocenters. The fraction of sp³-hybridized carbons (Fsp3) is 0.960. The number of piperidine rings is 1. The molecule has 1 fully saturated rings. The van der Waals surface area contributed by atoms with Gasteiger partial charge in [-0.05, 0) is 98.2 Å². The maximum absolute atomic E-state index is 13.4. The number of rotatable bonds is 40. The Morgan fingerprint density at radius 3 is 1.42 bits per heavy atom. The van der Waals surface area contributed by atoms with Gasteiger partial charge in [-0.15, -0.1) is 0 Å². The van der Waals surface area contributed by atoms with Crippen molar-refractivity contribution in [2.75, 3.05) is 45.9 Å². The molecule has 338 valence electrons. The minimum Gasteiger partial charge on any atom is -0.465 e. The maximum atomic E-state index is 13.4. The highest BCUT2D eigenvalue weighted by atomic mass is 16.5. The summed E-state index contributed by atoms with van der Waals surface area (Å²) in [4.78, 5) is 31.9. The fourth-order valence-electron chi connectivity index (χ4n) is 8.78.